The molecule has 0 bridgehead atoms. The monoisotopic (exact) mass is 376 g/mol. The zero-order valence-electron chi connectivity index (χ0n) is 15.9. The third-order valence-corrected chi connectivity index (χ3v) is 5.12. The Bertz CT molecular complexity index is 663. The smallest absolute Gasteiger partial charge is 0.319 e. The predicted molar refractivity (Wildman–Crippen MR) is 101 cm³/mol. The zero-order valence-corrected chi connectivity index (χ0v) is 15.9. The van der Waals surface area contributed by atoms with E-state index in [0.29, 0.717) is 24.0 Å². The molecule has 2 aliphatic heterocycles. The highest BCUT2D eigenvalue weighted by Crippen LogP contribution is 2.25. The SMILES string of the molecule is CC(=O)OOc1ccccc1NC(=O)N1CCN(C2CCNCC2)CC1C. The van der Waals surface area contributed by atoms with E-state index in [-0.39, 0.29) is 12.1 Å². The number of hydrogen-bond acceptors (Lipinski definition) is 6. The Hall–Kier alpha value is -2.32. The number of anilines is 1. The van der Waals surface area contributed by atoms with Gasteiger partial charge in [0.2, 0.25) is 5.75 Å². The van der Waals surface area contributed by atoms with E-state index in [2.05, 4.69) is 27.3 Å². The number of nitrogens with zero attached hydrogens (tertiary/aromatic N) is 2. The molecule has 0 saturated carbocycles. The van der Waals surface area contributed by atoms with Crippen LogP contribution in [0.25, 0.3) is 0 Å². The number of urea groups is 1. The molecule has 0 aliphatic carbocycles. The summed E-state index contributed by atoms with van der Waals surface area (Å²) in [4.78, 5) is 37.7. The second-order valence-corrected chi connectivity index (χ2v) is 7.10. The fraction of sp³-hybridized carbons (Fsp3) is 0.579. The summed E-state index contributed by atoms with van der Waals surface area (Å²) in [5.41, 5.74) is 0.469. The molecule has 2 saturated heterocycles. The summed E-state index contributed by atoms with van der Waals surface area (Å²) < 4.78 is 0. The van der Waals surface area contributed by atoms with Crippen LogP contribution >= 0.6 is 0 Å². The van der Waals surface area contributed by atoms with Crippen molar-refractivity contribution in [3.05, 3.63) is 24.3 Å². The highest BCUT2D eigenvalue weighted by atomic mass is 17.2. The average molecular weight is 376 g/mol. The largest absolute Gasteiger partial charge is 0.352 e. The number of piperidine rings is 1. The number of carbonyl (C=O) groups is 2. The number of carbonyl (C=O) groups excluding carboxylic acids is 2. The van der Waals surface area contributed by atoms with Crippen LogP contribution < -0.4 is 15.5 Å². The van der Waals surface area contributed by atoms with Gasteiger partial charge in [-0.3, -0.25) is 14.7 Å². The van der Waals surface area contributed by atoms with Gasteiger partial charge >= 0.3 is 12.0 Å². The highest BCUT2D eigenvalue weighted by molar-refractivity contribution is 5.91. The minimum Gasteiger partial charge on any atom is -0.319 e. The number of rotatable bonds is 4. The zero-order chi connectivity index (χ0) is 19.2. The quantitative estimate of drug-likeness (QED) is 0.616. The van der Waals surface area contributed by atoms with Crippen molar-refractivity contribution in [2.24, 2.45) is 0 Å². The van der Waals surface area contributed by atoms with Gasteiger partial charge in [0.1, 0.15) is 0 Å². The van der Waals surface area contributed by atoms with E-state index in [4.69, 9.17) is 4.89 Å². The van der Waals surface area contributed by atoms with Crippen molar-refractivity contribution in [1.29, 1.82) is 0 Å². The van der Waals surface area contributed by atoms with Crippen molar-refractivity contribution in [2.75, 3.05) is 38.0 Å². The second-order valence-electron chi connectivity index (χ2n) is 7.10. The Kier molecular flexibility index (Phi) is 6.52. The normalized spacial score (nSPS) is 21.6. The Labute approximate surface area is 159 Å². The number of amides is 2. The first-order chi connectivity index (χ1) is 13.0. The lowest BCUT2D eigenvalue weighted by Gasteiger charge is -2.44. The van der Waals surface area contributed by atoms with E-state index in [1.54, 1.807) is 24.3 Å². The van der Waals surface area contributed by atoms with Crippen molar-refractivity contribution < 1.29 is 19.4 Å². The van der Waals surface area contributed by atoms with Gasteiger partial charge in [-0.05, 0) is 45.0 Å². The van der Waals surface area contributed by atoms with E-state index in [1.807, 2.05) is 4.90 Å². The fourth-order valence-corrected chi connectivity index (χ4v) is 3.72. The van der Waals surface area contributed by atoms with Crippen molar-refractivity contribution in [2.45, 2.75) is 38.8 Å². The summed E-state index contributed by atoms with van der Waals surface area (Å²) in [7, 11) is 0. The summed E-state index contributed by atoms with van der Waals surface area (Å²) in [5.74, 6) is -0.263. The van der Waals surface area contributed by atoms with E-state index < -0.39 is 5.97 Å². The Morgan fingerprint density at radius 3 is 2.63 bits per heavy atom. The third-order valence-electron chi connectivity index (χ3n) is 5.12. The maximum Gasteiger partial charge on any atom is 0.352 e. The first-order valence-electron chi connectivity index (χ1n) is 9.51. The van der Waals surface area contributed by atoms with E-state index in [9.17, 15) is 9.59 Å². The molecule has 2 aliphatic rings. The molecule has 0 aromatic heterocycles. The van der Waals surface area contributed by atoms with Gasteiger partial charge in [-0.25, -0.2) is 9.59 Å². The van der Waals surface area contributed by atoms with Crippen LogP contribution in [0.3, 0.4) is 0 Å². The predicted octanol–water partition coefficient (Wildman–Crippen LogP) is 1.83. The second kappa shape index (κ2) is 9.05. The van der Waals surface area contributed by atoms with Crippen LogP contribution in [-0.4, -0.2) is 66.6 Å². The van der Waals surface area contributed by atoms with Crippen LogP contribution in [0, 0.1) is 0 Å². The molecule has 1 unspecified atom stereocenters. The summed E-state index contributed by atoms with van der Waals surface area (Å²) in [5, 5.41) is 6.27. The average Bonchev–Trinajstić information content (AvgIpc) is 2.67. The standard InChI is InChI=1S/C19H28N4O4/c1-14-13-22(16-7-9-20-10-8-16)11-12-23(14)19(25)21-17-5-3-4-6-18(17)27-26-15(2)24/h3-6,14,16,20H,7-13H2,1-2H3,(H,21,25). The van der Waals surface area contributed by atoms with Gasteiger partial charge in [0.25, 0.3) is 0 Å². The lowest BCUT2D eigenvalue weighted by Crippen LogP contribution is -2.58. The molecule has 0 radical (unpaired) electrons. The topological polar surface area (TPSA) is 83.1 Å². The summed E-state index contributed by atoms with van der Waals surface area (Å²) in [6, 6.07) is 7.44. The molecule has 1 aromatic rings. The molecule has 2 fully saturated rings. The van der Waals surface area contributed by atoms with Gasteiger partial charge in [-0.2, -0.15) is 0 Å². The maximum atomic E-state index is 12.8. The van der Waals surface area contributed by atoms with E-state index in [1.165, 1.54) is 19.8 Å². The summed E-state index contributed by atoms with van der Waals surface area (Å²) >= 11 is 0. The van der Waals surface area contributed by atoms with Gasteiger partial charge in [0.15, 0.2) is 0 Å². The van der Waals surface area contributed by atoms with E-state index >= 15 is 0 Å². The molecule has 8 nitrogen and oxygen atoms in total. The van der Waals surface area contributed by atoms with Crippen LogP contribution in [0.1, 0.15) is 26.7 Å². The highest BCUT2D eigenvalue weighted by Gasteiger charge is 2.31. The van der Waals surface area contributed by atoms with E-state index in [0.717, 1.165) is 26.2 Å². The Balaban J connectivity index is 1.58. The molecule has 2 N–H and O–H groups in total. The number of piperazine rings is 1. The Morgan fingerprint density at radius 2 is 1.93 bits per heavy atom. The third kappa shape index (κ3) is 5.11. The number of benzene rings is 1. The Morgan fingerprint density at radius 1 is 1.19 bits per heavy atom. The van der Waals surface area contributed by atoms with Crippen LogP contribution in [-0.2, 0) is 9.68 Å². The minimum atomic E-state index is -0.557. The van der Waals surface area contributed by atoms with Crippen LogP contribution in [0.15, 0.2) is 24.3 Å². The van der Waals surface area contributed by atoms with Gasteiger partial charge < -0.3 is 15.5 Å². The summed E-state index contributed by atoms with van der Waals surface area (Å²) in [6.07, 6.45) is 2.33. The fourth-order valence-electron chi connectivity index (χ4n) is 3.72. The molecule has 1 atom stereocenters. The molecule has 8 heteroatoms. The van der Waals surface area contributed by atoms with Crippen LogP contribution in [0.4, 0.5) is 10.5 Å². The lowest BCUT2D eigenvalue weighted by atomic mass is 10.0. The maximum absolute atomic E-state index is 12.8. The lowest BCUT2D eigenvalue weighted by molar-refractivity contribution is -0.210. The van der Waals surface area contributed by atoms with Crippen molar-refractivity contribution >= 4 is 17.7 Å². The summed E-state index contributed by atoms with van der Waals surface area (Å²) in [6.45, 7) is 7.91. The molecular formula is C19H28N4O4. The van der Waals surface area contributed by atoms with Gasteiger partial charge in [-0.1, -0.05) is 12.1 Å². The number of nitrogens with one attached hydrogen (secondary N) is 2. The molecule has 3 rings (SSSR count). The van der Waals surface area contributed by atoms with Crippen LogP contribution in [0.5, 0.6) is 5.75 Å². The molecule has 0 spiro atoms. The van der Waals surface area contributed by atoms with Crippen molar-refractivity contribution in [3.63, 3.8) is 0 Å². The van der Waals surface area contributed by atoms with Gasteiger partial charge in [0, 0.05) is 38.6 Å². The van der Waals surface area contributed by atoms with Crippen molar-refractivity contribution in [1.82, 2.24) is 15.1 Å². The molecule has 148 valence electrons. The molecule has 2 heterocycles. The van der Waals surface area contributed by atoms with Gasteiger partial charge in [0.05, 0.1) is 5.69 Å². The molecular weight excluding hydrogens is 348 g/mol. The minimum absolute atomic E-state index is 0.121. The number of hydrogen-bond donors (Lipinski definition) is 2. The first-order valence-corrected chi connectivity index (χ1v) is 9.51. The first kappa shape index (κ1) is 19.4. The van der Waals surface area contributed by atoms with Crippen molar-refractivity contribution in [3.8, 4) is 5.75 Å². The molecule has 2 amide bonds. The van der Waals surface area contributed by atoms with Gasteiger partial charge in [-0.15, -0.1) is 0 Å². The molecule has 1 aromatic carbocycles. The molecule has 27 heavy (non-hydrogen) atoms. The number of para-hydroxylation sites is 2. The van der Waals surface area contributed by atoms with Crippen LogP contribution in [0.2, 0.25) is 0 Å².